The van der Waals surface area contributed by atoms with Crippen molar-refractivity contribution < 1.29 is 106 Å². The fraction of sp³-hybridized carbons (Fsp3) is 0.753. The van der Waals surface area contributed by atoms with Crippen molar-refractivity contribution in [1.82, 2.24) is 83.0 Å². The number of fused-ring (bicyclic) bond motifs is 4. The average Bonchev–Trinajstić information content (AvgIpc) is 1.66. The van der Waals surface area contributed by atoms with E-state index >= 15 is 0 Å². The van der Waals surface area contributed by atoms with E-state index < -0.39 is 66.3 Å². The molecular formula is C93H169Cl3N21O22P4S7-. The van der Waals surface area contributed by atoms with E-state index in [1.54, 1.807) is 78.5 Å². The van der Waals surface area contributed by atoms with Crippen molar-refractivity contribution >= 4 is 224 Å². The average molecular weight is 2390 g/mol. The zero-order valence-electron chi connectivity index (χ0n) is 90.5. The van der Waals surface area contributed by atoms with Gasteiger partial charge in [0.1, 0.15) is 67.3 Å². The molecule has 11 N–H and O–H groups in total. The predicted molar refractivity (Wildman–Crippen MR) is 619 cm³/mol. The molecule has 0 amide bonds. The molecule has 0 fully saturated rings. The lowest BCUT2D eigenvalue weighted by atomic mass is 10.1. The lowest BCUT2D eigenvalue weighted by molar-refractivity contribution is -0.0177. The van der Waals surface area contributed by atoms with E-state index in [-0.39, 0.29) is 117 Å². The maximum absolute atomic E-state index is 13.5. The summed E-state index contributed by atoms with van der Waals surface area (Å²) in [4.78, 5) is 105. The van der Waals surface area contributed by atoms with Crippen molar-refractivity contribution in [3.05, 3.63) is 50.6 Å². The monoisotopic (exact) mass is 2390 g/mol. The van der Waals surface area contributed by atoms with Crippen molar-refractivity contribution in [2.45, 2.75) is 332 Å². The second-order valence-electron chi connectivity index (χ2n) is 35.8. The molecule has 8 rings (SSSR count). The Bertz CT molecular complexity index is 5270. The van der Waals surface area contributed by atoms with Crippen LogP contribution in [0.1, 0.15) is 270 Å². The van der Waals surface area contributed by atoms with Crippen LogP contribution in [0, 0.1) is 0 Å². The molecule has 862 valence electrons. The summed E-state index contributed by atoms with van der Waals surface area (Å²) in [6, 6.07) is -0.161. The molecular weight excluding hydrogens is 2220 g/mol. The van der Waals surface area contributed by atoms with Crippen LogP contribution in [0.4, 0.5) is 32.9 Å². The van der Waals surface area contributed by atoms with Crippen LogP contribution in [0.15, 0.2) is 55.6 Å². The molecule has 43 nitrogen and oxygen atoms in total. The fourth-order valence-corrected chi connectivity index (χ4v) is 21.9. The largest absolute Gasteiger partial charge is 1.00 e. The predicted octanol–water partition coefficient (Wildman–Crippen LogP) is 20.3. The number of rotatable bonds is 72. The van der Waals surface area contributed by atoms with Crippen molar-refractivity contribution in [1.29, 1.82) is 0 Å². The number of ether oxygens (including phenoxy) is 8. The Balaban J connectivity index is 0.000000946. The first-order chi connectivity index (χ1) is 71.5. The number of hydrogen-bond acceptors (Lipinski definition) is 39. The molecule has 0 aliphatic rings. The number of aliphatic imine (C=N–C) groups is 1. The van der Waals surface area contributed by atoms with Gasteiger partial charge in [-0.2, -0.15) is 12.6 Å². The third-order valence-electron chi connectivity index (χ3n) is 21.0. The number of alkyl halides is 1. The van der Waals surface area contributed by atoms with Gasteiger partial charge in [0.2, 0.25) is 6.79 Å². The van der Waals surface area contributed by atoms with Crippen LogP contribution in [-0.2, 0) is 158 Å². The van der Waals surface area contributed by atoms with Crippen LogP contribution in [-0.4, -0.2) is 282 Å². The molecule has 0 spiro atoms. The molecule has 0 aromatic carbocycles. The van der Waals surface area contributed by atoms with Gasteiger partial charge in [0, 0.05) is 37.1 Å². The quantitative estimate of drug-likeness (QED) is 0.00250. The number of thiol groups is 1. The van der Waals surface area contributed by atoms with Gasteiger partial charge in [-0.25, -0.2) is 74.4 Å². The Morgan fingerprint density at radius 3 is 1.09 bits per heavy atom. The third kappa shape index (κ3) is 69.3. The number of anilines is 3. The zero-order valence-corrected chi connectivity index (χ0v) is 101. The highest BCUT2D eigenvalue weighted by atomic mass is 35.9. The second-order valence-corrected chi connectivity index (χ2v) is 56.3. The SMILES string of the molecule is CC(C)OC(=O)OCCl.CCCCCCCCCCCCS(=S)CCO.CCCCCCCCCCCCS(=S)CCOP(=O)(CO[C@H](C)Cn1cnc2c(N)ncnc21)OCOC(=O)OC(C)C.CCCCCCCCCCCCS(=S)CCOP(=O)(O)CO[C@H](C)Cn1cnc2c(N)ncnc21.C[C@H](Cn1cnc2c(N)ncnc21)OCP(=O)(O)O.C[C@H](Cn1cnc2c(N=CN(C)C)ncnc21)OCP(=O)(Cl)Cl.OCCS.[3H-]. The van der Waals surface area contributed by atoms with Crippen molar-refractivity contribution in [2.75, 3.05) is 136 Å². The molecule has 0 aliphatic carbocycles. The fourth-order valence-electron chi connectivity index (χ4n) is 13.6. The summed E-state index contributed by atoms with van der Waals surface area (Å²) in [6.45, 7) is 22.5. The smallest absolute Gasteiger partial charge is 0.510 e. The molecule has 8 aromatic heterocycles. The summed E-state index contributed by atoms with van der Waals surface area (Å²) in [5, 5.41) is 16.5. The molecule has 9 atom stereocenters. The lowest BCUT2D eigenvalue weighted by Crippen LogP contribution is -2.20. The van der Waals surface area contributed by atoms with Gasteiger partial charge in [-0.15, -0.1) is 28.4 Å². The number of halogens is 3. The number of aromatic nitrogens is 16. The van der Waals surface area contributed by atoms with Crippen LogP contribution < -0.4 is 17.2 Å². The summed E-state index contributed by atoms with van der Waals surface area (Å²) in [7, 11) is -8.50. The first-order valence-electron chi connectivity index (χ1n) is 51.0. The Kier molecular flexibility index (Phi) is 79.2. The number of nitrogens with zero attached hydrogens (tertiary/aromatic N) is 18. The maximum atomic E-state index is 13.5. The highest BCUT2D eigenvalue weighted by Gasteiger charge is 2.30. The lowest BCUT2D eigenvalue weighted by Gasteiger charge is -2.21. The summed E-state index contributed by atoms with van der Waals surface area (Å²) >= 11 is 36.1. The van der Waals surface area contributed by atoms with E-state index in [1.807, 2.05) is 39.4 Å². The number of nitrogen functional groups attached to an aromatic ring is 3. The topological polar surface area (TPSA) is 573 Å². The standard InChI is InChI=1S/C28H50N5O7PS2.C23H42N5O4PS2.C14H30OS2.C12H17Cl2N6O2P.C9H14N5O4P.C5H9ClO3.C2H6OS.H/c1-5-6-7-8-9-10-11-12-13-14-16-43(42)17-15-38-41(35,39-21-36-28(34)40-23(2)3)22-37-24(4)18-33-20-32-25-26(29)30-19-31-27(25)33;1-3-4-5-6-7-8-9-10-11-12-14-35(34)15-13-32-33(29,30)19-31-20(2)16-28-18-27-21-22(24)25-17-26-23(21)28;1-2-3-4-5-6-7-8-9-10-11-13-17(16)14-12-15;1-9(22-8-23(13,14)21)4-20-7-17-10-11(18-6-19(2)3)15-5-16-12(10)20;1-6(18-5-19(15,16)17)2-14-4-13-7-8(10)11-3-12-9(7)14;1-4(2)9-5(7)8-3-6;3-1-2-4;/h19-20,23-24H,5-18,21-22H2,1-4H3,(H2,29,30,31);17-18,20H,3-16,19H2,1-2H3,(H,29,30)(H2,24,25,26);15H,2-14H2,1H3;5-7,9H,4,8H2,1-3H3;3-4,6H,2,5H2,1H3,(H2,10,11,12)(H2,15,16,17);4H,3H2,1-2H3;3-4H,1-2H2;/q;;;;;;;-1/t24-,41?,43?;20-,35?;;9-;6-;;;/m11.11.../s1/i;;;;;;;1+2. The van der Waals surface area contributed by atoms with E-state index in [0.717, 1.165) is 35.9 Å². The van der Waals surface area contributed by atoms with Crippen molar-refractivity contribution in [3.8, 4) is 0 Å². The third-order valence-corrected chi connectivity index (χ3v) is 32.6. The van der Waals surface area contributed by atoms with Gasteiger partial charge in [0.15, 0.2) is 57.4 Å². The highest BCUT2D eigenvalue weighted by Crippen LogP contribution is 2.56. The van der Waals surface area contributed by atoms with Gasteiger partial charge >= 0.3 is 35.1 Å². The molecule has 150 heavy (non-hydrogen) atoms. The van der Waals surface area contributed by atoms with Crippen LogP contribution in [0.2, 0.25) is 0 Å². The Hall–Kier alpha value is -5.02. The van der Waals surface area contributed by atoms with Crippen LogP contribution in [0.5, 0.6) is 0 Å². The van der Waals surface area contributed by atoms with Gasteiger partial charge in [0.25, 0.3) is 5.85 Å². The molecule has 0 radical (unpaired) electrons. The second kappa shape index (κ2) is 84.2. The highest BCUT2D eigenvalue weighted by molar-refractivity contribution is 8.29. The Labute approximate surface area is 928 Å². The molecule has 0 aliphatic heterocycles. The van der Waals surface area contributed by atoms with Gasteiger partial charge in [-0.1, -0.05) is 239 Å². The van der Waals surface area contributed by atoms with Crippen molar-refractivity contribution in [3.63, 3.8) is 0 Å². The summed E-state index contributed by atoms with van der Waals surface area (Å²) in [5.74, 6) is 3.78. The Morgan fingerprint density at radius 2 is 0.753 bits per heavy atom. The summed E-state index contributed by atoms with van der Waals surface area (Å²) < 4.78 is 112. The van der Waals surface area contributed by atoms with Gasteiger partial charge < -0.3 is 114 Å². The number of nitrogens with two attached hydrogens (primary N) is 3. The summed E-state index contributed by atoms with van der Waals surface area (Å²) in [6.07, 6.45) is 48.0. The van der Waals surface area contributed by atoms with Crippen molar-refractivity contribution in [2.24, 2.45) is 4.99 Å². The van der Waals surface area contributed by atoms with Crippen LogP contribution >= 0.6 is 75.3 Å². The number of carbonyl (C=O) groups is 2. The van der Waals surface area contributed by atoms with Gasteiger partial charge in [0.05, 0.1) is 121 Å². The number of imidazole rings is 4. The minimum atomic E-state index is -4.16. The molecule has 8 aromatic rings. The van der Waals surface area contributed by atoms with Crippen LogP contribution in [0.25, 0.3) is 44.7 Å². The van der Waals surface area contributed by atoms with E-state index in [9.17, 15) is 32.7 Å². The Morgan fingerprint density at radius 1 is 0.440 bits per heavy atom. The van der Waals surface area contributed by atoms with E-state index in [1.165, 1.54) is 211 Å². The van der Waals surface area contributed by atoms with Gasteiger partial charge in [-0.3, -0.25) is 22.8 Å². The number of carbonyl (C=O) groups excluding carboxylic acids is 2. The molecule has 5 unspecified atom stereocenters. The number of hydrogen-bond donors (Lipinski definition) is 9. The van der Waals surface area contributed by atoms with E-state index in [2.05, 4.69) is 108 Å². The zero-order chi connectivity index (χ0) is 112. The molecule has 8 heterocycles. The van der Waals surface area contributed by atoms with Gasteiger partial charge in [-0.05, 0) is 114 Å². The minimum Gasteiger partial charge on any atom is -1.00 e. The minimum absolute atomic E-state index is 0. The first kappa shape index (κ1) is 141. The molecule has 0 bridgehead atoms. The maximum Gasteiger partial charge on any atom is 0.510 e. The van der Waals surface area contributed by atoms with E-state index in [0.29, 0.717) is 99.7 Å². The number of unbranched alkanes of at least 4 members (excludes halogenated alkanes) is 27. The molecule has 57 heteroatoms. The molecule has 0 saturated carbocycles. The molecule has 0 saturated heterocycles. The van der Waals surface area contributed by atoms with Crippen LogP contribution in [0.3, 0.4) is 0 Å². The first-order valence-corrected chi connectivity index (χ1v) is 68.6. The normalized spacial score (nSPS) is 13.8. The van der Waals surface area contributed by atoms with E-state index in [4.69, 9.17) is 147 Å². The number of aliphatic hydroxyl groups is 2. The summed E-state index contributed by atoms with van der Waals surface area (Å²) in [5.41, 5.74) is 21.8. The number of aliphatic hydroxyl groups excluding tert-OH is 2.